The summed E-state index contributed by atoms with van der Waals surface area (Å²) < 4.78 is 13.4. The number of carboxylic acids is 1. The van der Waals surface area contributed by atoms with Crippen LogP contribution in [0.15, 0.2) is 48.5 Å². The number of hydrogen-bond donors (Lipinski definition) is 1. The van der Waals surface area contributed by atoms with Gasteiger partial charge in [-0.05, 0) is 54.5 Å². The summed E-state index contributed by atoms with van der Waals surface area (Å²) in [7, 11) is 0. The lowest BCUT2D eigenvalue weighted by atomic mass is 9.67. The maximum Gasteiger partial charge on any atom is 0.314 e. The summed E-state index contributed by atoms with van der Waals surface area (Å²) in [4.78, 5) is 12.0. The molecule has 3 rings (SSSR count). The highest BCUT2D eigenvalue weighted by atomic mass is 19.1. The summed E-state index contributed by atoms with van der Waals surface area (Å²) in [6.07, 6.45) is 2.68. The Morgan fingerprint density at radius 2 is 2.00 bits per heavy atom. The third-order valence-electron chi connectivity index (χ3n) is 4.39. The first-order valence-corrected chi connectivity index (χ1v) is 7.18. The number of aliphatic carboxylic acids is 1. The van der Waals surface area contributed by atoms with E-state index in [1.165, 1.54) is 12.1 Å². The molecule has 1 atom stereocenters. The molecule has 0 aromatic heterocycles. The number of carbonyl (C=O) groups is 1. The van der Waals surface area contributed by atoms with Gasteiger partial charge in [0.25, 0.3) is 0 Å². The zero-order valence-electron chi connectivity index (χ0n) is 11.7. The van der Waals surface area contributed by atoms with Crippen LogP contribution in [0.4, 0.5) is 4.39 Å². The van der Waals surface area contributed by atoms with Gasteiger partial charge in [0.1, 0.15) is 5.82 Å². The van der Waals surface area contributed by atoms with Gasteiger partial charge < -0.3 is 5.11 Å². The van der Waals surface area contributed by atoms with Crippen molar-refractivity contribution in [3.05, 3.63) is 71.0 Å². The Bertz CT molecular complexity index is 680. The molecule has 21 heavy (non-hydrogen) atoms. The zero-order chi connectivity index (χ0) is 14.9. The van der Waals surface area contributed by atoms with Gasteiger partial charge in [0.05, 0.1) is 5.41 Å². The van der Waals surface area contributed by atoms with Crippen LogP contribution in [0.1, 0.15) is 29.5 Å². The lowest BCUT2D eigenvalue weighted by Crippen LogP contribution is -2.41. The van der Waals surface area contributed by atoms with Crippen molar-refractivity contribution in [2.24, 2.45) is 0 Å². The highest BCUT2D eigenvalue weighted by molar-refractivity contribution is 5.83. The predicted octanol–water partition coefficient (Wildman–Crippen LogP) is 3.73. The third kappa shape index (κ3) is 2.44. The van der Waals surface area contributed by atoms with Crippen LogP contribution in [0, 0.1) is 5.82 Å². The minimum Gasteiger partial charge on any atom is -0.481 e. The summed E-state index contributed by atoms with van der Waals surface area (Å²) in [5.41, 5.74) is 1.77. The Kier molecular flexibility index (Phi) is 3.50. The highest BCUT2D eigenvalue weighted by Crippen LogP contribution is 2.40. The maximum atomic E-state index is 13.4. The van der Waals surface area contributed by atoms with E-state index in [9.17, 15) is 14.3 Å². The molecule has 0 amide bonds. The maximum absolute atomic E-state index is 13.4. The minimum atomic E-state index is -0.942. The molecule has 1 unspecified atom stereocenters. The normalized spacial score (nSPS) is 20.8. The van der Waals surface area contributed by atoms with E-state index in [2.05, 4.69) is 0 Å². The second-order valence-electron chi connectivity index (χ2n) is 5.70. The Labute approximate surface area is 123 Å². The molecule has 1 aliphatic carbocycles. The topological polar surface area (TPSA) is 37.3 Å². The van der Waals surface area contributed by atoms with Crippen molar-refractivity contribution in [3.8, 4) is 0 Å². The molecular formula is C18H17FO2. The predicted molar refractivity (Wildman–Crippen MR) is 78.8 cm³/mol. The van der Waals surface area contributed by atoms with Crippen LogP contribution in [0.3, 0.4) is 0 Å². The van der Waals surface area contributed by atoms with E-state index in [4.69, 9.17) is 0 Å². The fraction of sp³-hybridized carbons (Fsp3) is 0.278. The Morgan fingerprint density at radius 1 is 1.19 bits per heavy atom. The van der Waals surface area contributed by atoms with Crippen LogP contribution in [-0.2, 0) is 23.1 Å². The van der Waals surface area contributed by atoms with Gasteiger partial charge in [0, 0.05) is 0 Å². The molecule has 0 saturated heterocycles. The van der Waals surface area contributed by atoms with E-state index >= 15 is 0 Å². The monoisotopic (exact) mass is 284 g/mol. The van der Waals surface area contributed by atoms with Crippen LogP contribution >= 0.6 is 0 Å². The number of aryl methyl sites for hydroxylation is 1. The molecule has 2 nitrogen and oxygen atoms in total. The highest BCUT2D eigenvalue weighted by Gasteiger charge is 2.43. The van der Waals surface area contributed by atoms with Crippen LogP contribution < -0.4 is 0 Å². The first kappa shape index (κ1) is 13.8. The number of benzene rings is 2. The van der Waals surface area contributed by atoms with Gasteiger partial charge in [0.2, 0.25) is 0 Å². The van der Waals surface area contributed by atoms with Gasteiger partial charge in [-0.15, -0.1) is 0 Å². The van der Waals surface area contributed by atoms with Gasteiger partial charge in [-0.3, -0.25) is 4.79 Å². The molecule has 2 aromatic carbocycles. The van der Waals surface area contributed by atoms with E-state index in [1.54, 1.807) is 12.1 Å². The smallest absolute Gasteiger partial charge is 0.314 e. The summed E-state index contributed by atoms with van der Waals surface area (Å²) in [6.45, 7) is 0. The number of carboxylic acid groups (broad SMARTS) is 1. The van der Waals surface area contributed by atoms with Crippen molar-refractivity contribution in [2.45, 2.75) is 31.1 Å². The summed E-state index contributed by atoms with van der Waals surface area (Å²) >= 11 is 0. The fourth-order valence-corrected chi connectivity index (χ4v) is 3.40. The average Bonchev–Trinajstić information content (AvgIpc) is 2.47. The Morgan fingerprint density at radius 3 is 2.76 bits per heavy atom. The van der Waals surface area contributed by atoms with Crippen LogP contribution in [-0.4, -0.2) is 11.1 Å². The van der Waals surface area contributed by atoms with Crippen molar-refractivity contribution in [1.82, 2.24) is 0 Å². The van der Waals surface area contributed by atoms with Crippen LogP contribution in [0.2, 0.25) is 0 Å². The quantitative estimate of drug-likeness (QED) is 0.932. The standard InChI is InChI=1S/C18H17FO2/c19-15-8-3-5-13(11-15)12-18(17(20)21)10-4-7-14-6-1-2-9-16(14)18/h1-3,5-6,8-9,11H,4,7,10,12H2,(H,20,21). The molecule has 0 spiro atoms. The van der Waals surface area contributed by atoms with Crippen LogP contribution in [0.5, 0.6) is 0 Å². The Hall–Kier alpha value is -2.16. The zero-order valence-corrected chi connectivity index (χ0v) is 11.7. The number of fused-ring (bicyclic) bond motifs is 1. The molecule has 0 aliphatic heterocycles. The summed E-state index contributed by atoms with van der Waals surface area (Å²) in [5, 5.41) is 9.87. The third-order valence-corrected chi connectivity index (χ3v) is 4.39. The molecule has 3 heteroatoms. The molecule has 0 bridgehead atoms. The van der Waals surface area contributed by atoms with Crippen molar-refractivity contribution >= 4 is 5.97 Å². The SMILES string of the molecule is O=C(O)C1(Cc2cccc(F)c2)CCCc2ccccc21. The number of hydrogen-bond acceptors (Lipinski definition) is 1. The van der Waals surface area contributed by atoms with E-state index in [0.717, 1.165) is 29.5 Å². The first-order chi connectivity index (χ1) is 10.1. The van der Waals surface area contributed by atoms with E-state index in [1.807, 2.05) is 24.3 Å². The van der Waals surface area contributed by atoms with Crippen molar-refractivity contribution < 1.29 is 14.3 Å². The second kappa shape index (κ2) is 5.32. The van der Waals surface area contributed by atoms with Gasteiger partial charge in [-0.2, -0.15) is 0 Å². The lowest BCUT2D eigenvalue weighted by Gasteiger charge is -2.35. The Balaban J connectivity index is 2.08. The van der Waals surface area contributed by atoms with Crippen LogP contribution in [0.25, 0.3) is 0 Å². The molecule has 2 aromatic rings. The summed E-state index contributed by atoms with van der Waals surface area (Å²) in [6, 6.07) is 14.0. The summed E-state index contributed by atoms with van der Waals surface area (Å²) in [5.74, 6) is -1.14. The molecule has 0 heterocycles. The van der Waals surface area contributed by atoms with Crippen molar-refractivity contribution in [3.63, 3.8) is 0 Å². The first-order valence-electron chi connectivity index (χ1n) is 7.18. The minimum absolute atomic E-state index is 0.322. The molecular weight excluding hydrogens is 267 g/mol. The largest absolute Gasteiger partial charge is 0.481 e. The van der Waals surface area contributed by atoms with E-state index in [-0.39, 0.29) is 5.82 Å². The van der Waals surface area contributed by atoms with E-state index < -0.39 is 11.4 Å². The molecule has 0 radical (unpaired) electrons. The molecule has 0 saturated carbocycles. The van der Waals surface area contributed by atoms with Gasteiger partial charge in [0.15, 0.2) is 0 Å². The van der Waals surface area contributed by atoms with Crippen molar-refractivity contribution in [1.29, 1.82) is 0 Å². The van der Waals surface area contributed by atoms with Gasteiger partial charge in [-0.1, -0.05) is 36.4 Å². The fourth-order valence-electron chi connectivity index (χ4n) is 3.40. The van der Waals surface area contributed by atoms with Crippen molar-refractivity contribution in [2.75, 3.05) is 0 Å². The molecule has 0 fully saturated rings. The molecule has 1 N–H and O–H groups in total. The molecule has 1 aliphatic rings. The molecule has 108 valence electrons. The van der Waals surface area contributed by atoms with Gasteiger partial charge in [-0.25, -0.2) is 4.39 Å². The average molecular weight is 284 g/mol. The van der Waals surface area contributed by atoms with Gasteiger partial charge >= 0.3 is 5.97 Å². The van der Waals surface area contributed by atoms with E-state index in [0.29, 0.717) is 12.8 Å². The lowest BCUT2D eigenvalue weighted by molar-refractivity contribution is -0.144. The second-order valence-corrected chi connectivity index (χ2v) is 5.70. The number of rotatable bonds is 3. The number of halogens is 1.